The molecule has 0 bridgehead atoms. The summed E-state index contributed by atoms with van der Waals surface area (Å²) in [4.78, 5) is 9.63. The molecule has 0 aromatic heterocycles. The van der Waals surface area contributed by atoms with Crippen LogP contribution in [0.3, 0.4) is 0 Å². The van der Waals surface area contributed by atoms with E-state index in [4.69, 9.17) is 9.05 Å². The van der Waals surface area contributed by atoms with Gasteiger partial charge in [0.1, 0.15) is 0 Å². The van der Waals surface area contributed by atoms with Gasteiger partial charge in [0.05, 0.1) is 12.7 Å². The van der Waals surface area contributed by atoms with Crippen molar-refractivity contribution in [2.24, 2.45) is 5.41 Å². The van der Waals surface area contributed by atoms with Gasteiger partial charge in [0.2, 0.25) is 0 Å². The molecule has 102 valence electrons. The van der Waals surface area contributed by atoms with E-state index < -0.39 is 7.82 Å². The molecule has 0 amide bonds. The summed E-state index contributed by atoms with van der Waals surface area (Å²) >= 11 is 0. The Morgan fingerprint density at radius 3 is 2.35 bits per heavy atom. The Morgan fingerprint density at radius 2 is 1.71 bits per heavy atom. The predicted octanol–water partition coefficient (Wildman–Crippen LogP) is 3.89. The predicted molar refractivity (Wildman–Crippen MR) is 67.8 cm³/mol. The first-order valence-corrected chi connectivity index (χ1v) is 7.96. The average Bonchev–Trinajstić information content (AvgIpc) is 2.21. The number of rotatable bonds is 0. The van der Waals surface area contributed by atoms with Gasteiger partial charge in [-0.2, -0.15) is 0 Å². The Kier molecular flexibility index (Phi) is 5.65. The maximum Gasteiger partial charge on any atom is 0.472 e. The number of hydrogen-bond donors (Lipinski definition) is 1. The first kappa shape index (κ1) is 15.2. The van der Waals surface area contributed by atoms with Crippen molar-refractivity contribution in [3.63, 3.8) is 0 Å². The van der Waals surface area contributed by atoms with Gasteiger partial charge in [-0.05, 0) is 18.3 Å². The van der Waals surface area contributed by atoms with Crippen molar-refractivity contribution in [1.29, 1.82) is 0 Å². The summed E-state index contributed by atoms with van der Waals surface area (Å²) in [6.07, 6.45) is 5.84. The van der Waals surface area contributed by atoms with Gasteiger partial charge in [0, 0.05) is 0 Å². The highest BCUT2D eigenvalue weighted by Gasteiger charge is 2.33. The van der Waals surface area contributed by atoms with Gasteiger partial charge in [-0.3, -0.25) is 9.05 Å². The van der Waals surface area contributed by atoms with Gasteiger partial charge in [-0.15, -0.1) is 0 Å². The van der Waals surface area contributed by atoms with E-state index in [2.05, 4.69) is 0 Å². The lowest BCUT2D eigenvalue weighted by Crippen LogP contribution is -2.28. The van der Waals surface area contributed by atoms with Crippen molar-refractivity contribution >= 4 is 7.82 Å². The zero-order chi connectivity index (χ0) is 12.9. The molecule has 5 heteroatoms. The summed E-state index contributed by atoms with van der Waals surface area (Å²) in [5, 5.41) is 0. The van der Waals surface area contributed by atoms with Gasteiger partial charge in [0.25, 0.3) is 0 Å². The molecule has 1 fully saturated rings. The van der Waals surface area contributed by atoms with E-state index >= 15 is 0 Å². The standard InChI is InChI=1S/C12H25O4P/c1-12(2,3)11-9-7-5-4-6-8-10-15-17(13,14)16-11/h11H,4-10H2,1-3H3,(H,13,14). The molecule has 1 rings (SSSR count). The molecule has 2 atom stereocenters. The molecular weight excluding hydrogens is 239 g/mol. The third-order valence-corrected chi connectivity index (χ3v) is 4.12. The highest BCUT2D eigenvalue weighted by atomic mass is 31.2. The summed E-state index contributed by atoms with van der Waals surface area (Å²) in [5.74, 6) is 0. The number of phosphoric ester groups is 1. The van der Waals surface area contributed by atoms with Crippen molar-refractivity contribution in [2.45, 2.75) is 65.4 Å². The van der Waals surface area contributed by atoms with Crippen molar-refractivity contribution < 1.29 is 18.5 Å². The molecule has 0 radical (unpaired) electrons. The SMILES string of the molecule is CC(C)(C)C1CCCCCCCOP(=O)(O)O1. The Balaban J connectivity index is 2.69. The molecule has 0 aromatic rings. The second-order valence-corrected chi connectivity index (χ2v) is 7.22. The van der Waals surface area contributed by atoms with E-state index in [0.717, 1.165) is 38.5 Å². The maximum atomic E-state index is 11.8. The van der Waals surface area contributed by atoms with Crippen LogP contribution in [0, 0.1) is 5.41 Å². The third-order valence-electron chi connectivity index (χ3n) is 3.09. The summed E-state index contributed by atoms with van der Waals surface area (Å²) < 4.78 is 22.1. The Morgan fingerprint density at radius 1 is 1.12 bits per heavy atom. The molecule has 2 unspecified atom stereocenters. The lowest BCUT2D eigenvalue weighted by atomic mass is 9.86. The van der Waals surface area contributed by atoms with E-state index in [0.29, 0.717) is 6.61 Å². The summed E-state index contributed by atoms with van der Waals surface area (Å²) in [7, 11) is -3.88. The fraction of sp³-hybridized carbons (Fsp3) is 1.00. The van der Waals surface area contributed by atoms with Crippen LogP contribution in [-0.2, 0) is 13.6 Å². The van der Waals surface area contributed by atoms with Crippen molar-refractivity contribution in [1.82, 2.24) is 0 Å². The Hall–Kier alpha value is 0.110. The maximum absolute atomic E-state index is 11.8. The van der Waals surface area contributed by atoms with Crippen LogP contribution in [0.1, 0.15) is 59.3 Å². The van der Waals surface area contributed by atoms with Gasteiger partial charge >= 0.3 is 7.82 Å². The van der Waals surface area contributed by atoms with Crippen LogP contribution in [0.25, 0.3) is 0 Å². The minimum Gasteiger partial charge on any atom is -0.302 e. The summed E-state index contributed by atoms with van der Waals surface area (Å²) in [6, 6.07) is 0. The van der Waals surface area contributed by atoms with Gasteiger partial charge in [-0.1, -0.05) is 46.5 Å². The zero-order valence-corrected chi connectivity index (χ0v) is 12.0. The first-order chi connectivity index (χ1) is 7.81. The zero-order valence-electron chi connectivity index (χ0n) is 11.1. The largest absolute Gasteiger partial charge is 0.472 e. The fourth-order valence-corrected chi connectivity index (χ4v) is 3.14. The topological polar surface area (TPSA) is 55.8 Å². The van der Waals surface area contributed by atoms with Gasteiger partial charge in [0.15, 0.2) is 0 Å². The van der Waals surface area contributed by atoms with Gasteiger partial charge < -0.3 is 4.89 Å². The first-order valence-electron chi connectivity index (χ1n) is 6.47. The molecule has 0 spiro atoms. The lowest BCUT2D eigenvalue weighted by molar-refractivity contribution is 0.0340. The molecule has 0 aromatic carbocycles. The van der Waals surface area contributed by atoms with Crippen molar-refractivity contribution in [2.75, 3.05) is 6.61 Å². The quantitative estimate of drug-likeness (QED) is 0.674. The number of hydrogen-bond acceptors (Lipinski definition) is 3. The van der Waals surface area contributed by atoms with Gasteiger partial charge in [-0.25, -0.2) is 4.57 Å². The minimum absolute atomic E-state index is 0.143. The Labute approximate surface area is 104 Å². The average molecular weight is 264 g/mol. The monoisotopic (exact) mass is 264 g/mol. The fourth-order valence-electron chi connectivity index (χ4n) is 1.98. The van der Waals surface area contributed by atoms with Crippen LogP contribution < -0.4 is 0 Å². The van der Waals surface area contributed by atoms with Crippen molar-refractivity contribution in [3.05, 3.63) is 0 Å². The van der Waals surface area contributed by atoms with Crippen LogP contribution in [0.5, 0.6) is 0 Å². The molecule has 1 saturated heterocycles. The highest BCUT2D eigenvalue weighted by molar-refractivity contribution is 7.47. The normalized spacial score (nSPS) is 34.0. The molecule has 0 aliphatic carbocycles. The number of phosphoric acid groups is 1. The van der Waals surface area contributed by atoms with E-state index in [1.165, 1.54) is 0 Å². The van der Waals surface area contributed by atoms with Crippen LogP contribution in [0.2, 0.25) is 0 Å². The minimum atomic E-state index is -3.88. The molecule has 4 nitrogen and oxygen atoms in total. The van der Waals surface area contributed by atoms with Crippen LogP contribution in [0.4, 0.5) is 0 Å². The van der Waals surface area contributed by atoms with E-state index in [9.17, 15) is 9.46 Å². The second kappa shape index (κ2) is 6.33. The van der Waals surface area contributed by atoms with Crippen molar-refractivity contribution in [3.8, 4) is 0 Å². The Bertz CT molecular complexity index is 272. The smallest absolute Gasteiger partial charge is 0.302 e. The molecule has 1 aliphatic heterocycles. The van der Waals surface area contributed by atoms with Crippen LogP contribution in [0.15, 0.2) is 0 Å². The van der Waals surface area contributed by atoms with E-state index in [1.54, 1.807) is 0 Å². The lowest BCUT2D eigenvalue weighted by Gasteiger charge is -2.31. The van der Waals surface area contributed by atoms with E-state index in [-0.39, 0.29) is 11.5 Å². The molecule has 1 aliphatic rings. The van der Waals surface area contributed by atoms with Crippen LogP contribution >= 0.6 is 7.82 Å². The molecule has 1 N–H and O–H groups in total. The van der Waals surface area contributed by atoms with Crippen LogP contribution in [-0.4, -0.2) is 17.6 Å². The summed E-state index contributed by atoms with van der Waals surface area (Å²) in [6.45, 7) is 6.39. The molecule has 0 saturated carbocycles. The molecule has 17 heavy (non-hydrogen) atoms. The second-order valence-electron chi connectivity index (χ2n) is 5.82. The molecular formula is C12H25O4P. The summed E-state index contributed by atoms with van der Waals surface area (Å²) in [5.41, 5.74) is -0.143. The third kappa shape index (κ3) is 6.01. The highest BCUT2D eigenvalue weighted by Crippen LogP contribution is 2.48. The van der Waals surface area contributed by atoms with E-state index in [1.807, 2.05) is 20.8 Å². The molecule has 1 heterocycles.